The number of H-pyrrole nitrogens is 1. The van der Waals surface area contributed by atoms with Crippen LogP contribution in [0.4, 0.5) is 0 Å². The van der Waals surface area contributed by atoms with Gasteiger partial charge in [0.25, 0.3) is 0 Å². The van der Waals surface area contributed by atoms with Gasteiger partial charge in [0.05, 0.1) is 6.54 Å². The first-order chi connectivity index (χ1) is 13.8. The summed E-state index contributed by atoms with van der Waals surface area (Å²) in [7, 11) is -0.184. The number of aromatic nitrogens is 4. The smallest absolute Gasteiger partial charge is 0.192 e. The number of fused-ring (bicyclic) bond motifs is 1. The van der Waals surface area contributed by atoms with Crippen LogP contribution < -0.4 is 0 Å². The van der Waals surface area contributed by atoms with Gasteiger partial charge in [0.2, 0.25) is 0 Å². The number of aromatic amines is 1. The van der Waals surface area contributed by atoms with E-state index in [-0.39, 0.29) is 18.2 Å². The number of aryl methyl sites for hydroxylation is 1. The molecule has 0 amide bonds. The van der Waals surface area contributed by atoms with Crippen LogP contribution in [0.3, 0.4) is 0 Å². The van der Waals surface area contributed by atoms with Crippen LogP contribution >= 0.6 is 19.3 Å². The van der Waals surface area contributed by atoms with Crippen molar-refractivity contribution in [2.45, 2.75) is 56.5 Å². The van der Waals surface area contributed by atoms with Crippen molar-refractivity contribution in [3.05, 3.63) is 65.1 Å². The van der Waals surface area contributed by atoms with Crippen molar-refractivity contribution in [1.82, 2.24) is 19.7 Å². The SMILES string of the molecule is CC(Cc1c[nH]c2ccccc12)c1nnc(SC(C)(C)C)n1Cc1cccp1C. The number of thioether (sulfide) groups is 1. The zero-order chi connectivity index (χ0) is 20.6. The van der Waals surface area contributed by atoms with Gasteiger partial charge in [0.15, 0.2) is 5.16 Å². The zero-order valence-corrected chi connectivity index (χ0v) is 19.5. The molecule has 2 atom stereocenters. The van der Waals surface area contributed by atoms with Gasteiger partial charge in [0, 0.05) is 27.8 Å². The highest BCUT2D eigenvalue weighted by Crippen LogP contribution is 2.36. The van der Waals surface area contributed by atoms with Crippen molar-refractivity contribution in [1.29, 1.82) is 0 Å². The highest BCUT2D eigenvalue weighted by Gasteiger charge is 2.23. The maximum absolute atomic E-state index is 4.67. The van der Waals surface area contributed by atoms with Gasteiger partial charge in [-0.25, -0.2) is 0 Å². The van der Waals surface area contributed by atoms with Gasteiger partial charge in [-0.05, 0) is 35.8 Å². The third kappa shape index (κ3) is 4.46. The number of benzene rings is 1. The van der Waals surface area contributed by atoms with E-state index in [0.717, 1.165) is 23.9 Å². The average Bonchev–Trinajstić information content (AvgIpc) is 3.35. The van der Waals surface area contributed by atoms with Crippen molar-refractivity contribution in [2.24, 2.45) is 6.66 Å². The van der Waals surface area contributed by atoms with Crippen LogP contribution in [0.2, 0.25) is 0 Å². The Morgan fingerprint density at radius 3 is 2.66 bits per heavy atom. The highest BCUT2D eigenvalue weighted by atomic mass is 32.2. The van der Waals surface area contributed by atoms with E-state index >= 15 is 0 Å². The Kier molecular flexibility index (Phi) is 5.63. The number of nitrogens with one attached hydrogen (secondary N) is 1. The fourth-order valence-corrected chi connectivity index (χ4v) is 5.83. The average molecular weight is 425 g/mol. The minimum Gasteiger partial charge on any atom is -0.361 e. The lowest BCUT2D eigenvalue weighted by Gasteiger charge is -2.19. The minimum atomic E-state index is -0.184. The summed E-state index contributed by atoms with van der Waals surface area (Å²) in [5.74, 6) is 3.69. The first-order valence-electron chi connectivity index (χ1n) is 10.1. The largest absolute Gasteiger partial charge is 0.361 e. The topological polar surface area (TPSA) is 46.5 Å². The molecule has 2 unspecified atom stereocenters. The third-order valence-electron chi connectivity index (χ3n) is 5.16. The molecule has 3 heterocycles. The molecule has 0 aliphatic rings. The van der Waals surface area contributed by atoms with Crippen molar-refractivity contribution in [2.75, 3.05) is 0 Å². The monoisotopic (exact) mass is 424 g/mol. The first kappa shape index (κ1) is 20.3. The Morgan fingerprint density at radius 1 is 1.14 bits per heavy atom. The van der Waals surface area contributed by atoms with E-state index in [2.05, 4.69) is 103 Å². The number of para-hydroxylation sites is 1. The molecule has 0 spiro atoms. The second kappa shape index (κ2) is 8.04. The molecule has 29 heavy (non-hydrogen) atoms. The molecule has 0 aliphatic heterocycles. The summed E-state index contributed by atoms with van der Waals surface area (Å²) in [6.45, 7) is 12.2. The standard InChI is InChI=1S/C23H29N4PS/c1-16(13-17-14-24-20-11-7-6-10-19(17)20)21-25-26-22(29-23(2,3)4)27(21)15-18-9-8-12-28(18)5/h6-12,14,16,24H,13,15H2,1-5H3. The Balaban J connectivity index is 1.67. The molecule has 0 fully saturated rings. The van der Waals surface area contributed by atoms with Gasteiger partial charge < -0.3 is 9.55 Å². The molecular formula is C23H29N4PS. The van der Waals surface area contributed by atoms with E-state index in [1.54, 1.807) is 11.8 Å². The molecule has 1 N–H and O–H groups in total. The molecule has 0 saturated carbocycles. The van der Waals surface area contributed by atoms with E-state index in [9.17, 15) is 0 Å². The summed E-state index contributed by atoms with van der Waals surface area (Å²) in [5.41, 5.74) is 2.53. The number of hydrogen-bond donors (Lipinski definition) is 1. The van der Waals surface area contributed by atoms with Crippen molar-refractivity contribution in [3.63, 3.8) is 0 Å². The van der Waals surface area contributed by atoms with Crippen LogP contribution in [0.25, 0.3) is 10.9 Å². The van der Waals surface area contributed by atoms with E-state index in [1.165, 1.54) is 21.8 Å². The Hall–Kier alpha value is -1.97. The predicted octanol–water partition coefficient (Wildman–Crippen LogP) is 6.57. The molecule has 4 nitrogen and oxygen atoms in total. The molecule has 0 radical (unpaired) electrons. The first-order valence-corrected chi connectivity index (χ1v) is 12.8. The molecule has 0 aliphatic carbocycles. The third-order valence-corrected chi connectivity index (χ3v) is 8.07. The summed E-state index contributed by atoms with van der Waals surface area (Å²) in [6, 6.07) is 13.0. The fourth-order valence-electron chi connectivity index (χ4n) is 3.71. The molecule has 1 aromatic carbocycles. The number of hydrogen-bond acceptors (Lipinski definition) is 3. The Labute approximate surface area is 178 Å². The van der Waals surface area contributed by atoms with Gasteiger partial charge in [0.1, 0.15) is 5.82 Å². The van der Waals surface area contributed by atoms with Crippen LogP contribution in [-0.2, 0) is 19.6 Å². The Bertz CT molecular complexity index is 1120. The van der Waals surface area contributed by atoms with Crippen molar-refractivity contribution in [3.8, 4) is 0 Å². The minimum absolute atomic E-state index is 0.0986. The molecule has 0 bridgehead atoms. The molecular weight excluding hydrogens is 395 g/mol. The lowest BCUT2D eigenvalue weighted by molar-refractivity contribution is 0.606. The summed E-state index contributed by atoms with van der Waals surface area (Å²) in [6.07, 6.45) is 3.09. The van der Waals surface area contributed by atoms with E-state index in [1.807, 2.05) is 0 Å². The molecule has 3 aromatic heterocycles. The lowest BCUT2D eigenvalue weighted by Crippen LogP contribution is -2.14. The van der Waals surface area contributed by atoms with Crippen LogP contribution in [0.5, 0.6) is 0 Å². The van der Waals surface area contributed by atoms with E-state index in [4.69, 9.17) is 0 Å². The van der Waals surface area contributed by atoms with Gasteiger partial charge >= 0.3 is 0 Å². The van der Waals surface area contributed by atoms with Gasteiger partial charge in [-0.15, -0.1) is 17.7 Å². The van der Waals surface area contributed by atoms with Gasteiger partial charge in [-0.2, -0.15) is 0 Å². The van der Waals surface area contributed by atoms with Crippen LogP contribution in [-0.4, -0.2) is 24.5 Å². The maximum atomic E-state index is 4.67. The van der Waals surface area contributed by atoms with Gasteiger partial charge in [-0.1, -0.05) is 69.8 Å². The highest BCUT2D eigenvalue weighted by molar-refractivity contribution is 8.00. The summed E-state index contributed by atoms with van der Waals surface area (Å²) in [5, 5.41) is 13.1. The van der Waals surface area contributed by atoms with Crippen molar-refractivity contribution < 1.29 is 0 Å². The van der Waals surface area contributed by atoms with E-state index in [0.29, 0.717) is 0 Å². The fraction of sp³-hybridized carbons (Fsp3) is 0.391. The molecule has 6 heteroatoms. The summed E-state index contributed by atoms with van der Waals surface area (Å²) in [4.78, 5) is 3.40. The van der Waals surface area contributed by atoms with E-state index < -0.39 is 0 Å². The lowest BCUT2D eigenvalue weighted by atomic mass is 10.00. The molecule has 4 rings (SSSR count). The number of nitrogens with zero attached hydrogens (tertiary/aromatic N) is 3. The zero-order valence-electron chi connectivity index (χ0n) is 17.8. The normalized spacial score (nSPS) is 13.9. The quantitative estimate of drug-likeness (QED) is 0.356. The summed E-state index contributed by atoms with van der Waals surface area (Å²) < 4.78 is 2.45. The molecule has 4 aromatic rings. The maximum Gasteiger partial charge on any atom is 0.192 e. The van der Waals surface area contributed by atoms with Gasteiger partial charge in [-0.3, -0.25) is 0 Å². The summed E-state index contributed by atoms with van der Waals surface area (Å²) >= 11 is 1.80. The predicted molar refractivity (Wildman–Crippen MR) is 125 cm³/mol. The molecule has 0 saturated heterocycles. The van der Waals surface area contributed by atoms with Crippen LogP contribution in [0.1, 0.15) is 50.3 Å². The van der Waals surface area contributed by atoms with Crippen molar-refractivity contribution >= 4 is 30.2 Å². The Morgan fingerprint density at radius 2 is 1.93 bits per heavy atom. The molecule has 152 valence electrons. The second-order valence-corrected chi connectivity index (χ2v) is 12.6. The van der Waals surface area contributed by atoms with Crippen LogP contribution in [0, 0.1) is 0 Å². The second-order valence-electron chi connectivity index (χ2n) is 8.72. The van der Waals surface area contributed by atoms with Crippen LogP contribution in [0.15, 0.2) is 53.5 Å². The number of rotatable bonds is 6.